The second-order valence-corrected chi connectivity index (χ2v) is 11.7. The molecule has 2 atom stereocenters. The summed E-state index contributed by atoms with van der Waals surface area (Å²) in [6.45, 7) is 15.3. The van der Waals surface area contributed by atoms with Crippen LogP contribution in [-0.4, -0.2) is 35.3 Å². The van der Waals surface area contributed by atoms with E-state index in [1.807, 2.05) is 0 Å². The highest BCUT2D eigenvalue weighted by Crippen LogP contribution is 2.38. The number of hydrogen-bond donors (Lipinski definition) is 1. The van der Waals surface area contributed by atoms with Crippen molar-refractivity contribution in [1.29, 1.82) is 0 Å². The Bertz CT molecular complexity index is 1170. The van der Waals surface area contributed by atoms with Crippen LogP contribution in [-0.2, 0) is 4.65 Å². The van der Waals surface area contributed by atoms with Gasteiger partial charge in [-0.25, -0.2) is 0 Å². The highest BCUT2D eigenvalue weighted by Gasteiger charge is 2.50. The van der Waals surface area contributed by atoms with Gasteiger partial charge in [-0.1, -0.05) is 91.0 Å². The van der Waals surface area contributed by atoms with E-state index in [0.717, 1.165) is 22.5 Å². The molecule has 0 spiro atoms. The number of rotatable bonds is 6. The van der Waals surface area contributed by atoms with Gasteiger partial charge in [0.2, 0.25) is 0 Å². The molecule has 4 nitrogen and oxygen atoms in total. The fraction of sp³-hybridized carbons (Fsp3) is 0.344. The summed E-state index contributed by atoms with van der Waals surface area (Å²) in [5.41, 5.74) is 4.19. The van der Waals surface area contributed by atoms with Gasteiger partial charge in [0.1, 0.15) is 5.76 Å². The van der Waals surface area contributed by atoms with Crippen LogP contribution in [0, 0.1) is 0 Å². The summed E-state index contributed by atoms with van der Waals surface area (Å²) in [7, 11) is -0.330. The third-order valence-electron chi connectivity index (χ3n) is 6.50. The first-order chi connectivity index (χ1) is 17.5. The Morgan fingerprint density at radius 1 is 0.838 bits per heavy atom. The summed E-state index contributed by atoms with van der Waals surface area (Å²) in [6.07, 6.45) is 2.08. The molecular formula is C32H40BN3O. The van der Waals surface area contributed by atoms with Crippen LogP contribution in [0.5, 0.6) is 0 Å². The highest BCUT2D eigenvalue weighted by molar-refractivity contribution is 6.48. The quantitative estimate of drug-likeness (QED) is 0.293. The van der Waals surface area contributed by atoms with Gasteiger partial charge >= 0.3 is 7.19 Å². The average Bonchev–Trinajstić information content (AvgIpc) is 3.22. The predicted molar refractivity (Wildman–Crippen MR) is 157 cm³/mol. The molecule has 0 saturated carbocycles. The Kier molecular flexibility index (Phi) is 8.06. The van der Waals surface area contributed by atoms with Crippen molar-refractivity contribution in [2.24, 2.45) is 4.99 Å². The summed E-state index contributed by atoms with van der Waals surface area (Å²) in [5.74, 6) is 0.915. The molecule has 2 unspecified atom stereocenters. The van der Waals surface area contributed by atoms with Crippen LogP contribution in [0.4, 0.5) is 0 Å². The molecule has 4 rings (SSSR count). The zero-order valence-electron chi connectivity index (χ0n) is 23.3. The molecule has 0 aliphatic carbocycles. The maximum absolute atomic E-state index is 6.94. The van der Waals surface area contributed by atoms with Crippen molar-refractivity contribution in [2.75, 3.05) is 0 Å². The fourth-order valence-corrected chi connectivity index (χ4v) is 4.76. The number of nitrogens with zero attached hydrogens (tertiary/aromatic N) is 2. The molecular weight excluding hydrogens is 453 g/mol. The maximum atomic E-state index is 6.94. The van der Waals surface area contributed by atoms with Gasteiger partial charge in [-0.2, -0.15) is 0 Å². The van der Waals surface area contributed by atoms with E-state index in [4.69, 9.17) is 9.65 Å². The second kappa shape index (κ2) is 11.1. The third-order valence-corrected chi connectivity index (χ3v) is 6.50. The van der Waals surface area contributed by atoms with Gasteiger partial charge in [0.25, 0.3) is 0 Å². The van der Waals surface area contributed by atoms with Crippen LogP contribution < -0.4 is 5.23 Å². The zero-order valence-corrected chi connectivity index (χ0v) is 23.3. The van der Waals surface area contributed by atoms with Crippen molar-refractivity contribution in [3.05, 3.63) is 113 Å². The van der Waals surface area contributed by atoms with Crippen molar-refractivity contribution in [3.8, 4) is 0 Å². The topological polar surface area (TPSA) is 36.9 Å². The van der Waals surface area contributed by atoms with Gasteiger partial charge in [-0.3, -0.25) is 15.0 Å². The van der Waals surface area contributed by atoms with E-state index in [1.54, 1.807) is 0 Å². The monoisotopic (exact) mass is 493 g/mol. The van der Waals surface area contributed by atoms with E-state index in [9.17, 15) is 0 Å². The van der Waals surface area contributed by atoms with Gasteiger partial charge in [0.05, 0.1) is 11.6 Å². The molecule has 0 bridgehead atoms. The third kappa shape index (κ3) is 6.60. The number of nitrogens with one attached hydrogen (secondary N) is 1. The van der Waals surface area contributed by atoms with Crippen molar-refractivity contribution >= 4 is 19.0 Å². The molecule has 1 aliphatic rings. The Morgan fingerprint density at radius 2 is 1.32 bits per heavy atom. The van der Waals surface area contributed by atoms with E-state index in [0.29, 0.717) is 0 Å². The molecule has 5 heteroatoms. The van der Waals surface area contributed by atoms with Crippen LogP contribution in [0.1, 0.15) is 71.2 Å². The van der Waals surface area contributed by atoms with Crippen LogP contribution in [0.15, 0.2) is 102 Å². The minimum Gasteiger partial charge on any atom is -0.534 e. The summed E-state index contributed by atoms with van der Waals surface area (Å²) in [6, 6.07) is 31.6. The standard InChI is InChI=1S/C32H40BN3O/c1-24(25-17-11-8-12-18-25)35-33-36(32(5,6)7)28(23-34-31(2,3)4)30(37-33)29(26-19-13-9-14-20-26)27-21-15-10-16-22-27/h8-24,28,35H,1-7H3. The lowest BCUT2D eigenvalue weighted by atomic mass is 9.86. The van der Waals surface area contributed by atoms with Crippen LogP contribution in [0.3, 0.4) is 0 Å². The summed E-state index contributed by atoms with van der Waals surface area (Å²) >= 11 is 0. The molecule has 1 heterocycles. The Hall–Kier alpha value is -3.15. The molecule has 1 fully saturated rings. The first kappa shape index (κ1) is 26.9. The maximum Gasteiger partial charge on any atom is 0.547 e. The summed E-state index contributed by atoms with van der Waals surface area (Å²) in [4.78, 5) is 7.39. The number of benzene rings is 3. The molecule has 3 aromatic rings. The van der Waals surface area contributed by atoms with Crippen molar-refractivity contribution in [1.82, 2.24) is 10.0 Å². The van der Waals surface area contributed by atoms with Crippen molar-refractivity contribution in [2.45, 2.75) is 71.6 Å². The number of hydrogen-bond acceptors (Lipinski definition) is 4. The van der Waals surface area contributed by atoms with Gasteiger partial charge in [0, 0.05) is 23.4 Å². The first-order valence-corrected chi connectivity index (χ1v) is 13.2. The molecule has 1 aliphatic heterocycles. The molecule has 0 aromatic heterocycles. The Morgan fingerprint density at radius 3 is 1.78 bits per heavy atom. The fourth-order valence-electron chi connectivity index (χ4n) is 4.76. The first-order valence-electron chi connectivity index (χ1n) is 13.2. The zero-order chi connectivity index (χ0) is 26.6. The van der Waals surface area contributed by atoms with Gasteiger partial charge < -0.3 is 4.65 Å². The van der Waals surface area contributed by atoms with Gasteiger partial charge in [-0.15, -0.1) is 0 Å². The normalized spacial score (nSPS) is 17.8. The lowest BCUT2D eigenvalue weighted by Gasteiger charge is -2.36. The van der Waals surface area contributed by atoms with E-state index in [1.165, 1.54) is 5.56 Å². The molecule has 1 saturated heterocycles. The largest absolute Gasteiger partial charge is 0.547 e. The number of aliphatic imine (C=N–C) groups is 1. The van der Waals surface area contributed by atoms with Crippen LogP contribution in [0.25, 0.3) is 5.57 Å². The highest BCUT2D eigenvalue weighted by atomic mass is 16.5. The molecule has 0 radical (unpaired) electrons. The van der Waals surface area contributed by atoms with Crippen molar-refractivity contribution in [3.63, 3.8) is 0 Å². The van der Waals surface area contributed by atoms with E-state index in [-0.39, 0.29) is 30.3 Å². The van der Waals surface area contributed by atoms with E-state index in [2.05, 4.69) is 156 Å². The minimum absolute atomic E-state index is 0.104. The lowest BCUT2D eigenvalue weighted by Crippen LogP contribution is -2.58. The Balaban J connectivity index is 1.90. The summed E-state index contributed by atoms with van der Waals surface area (Å²) < 4.78 is 6.94. The minimum atomic E-state index is -0.330. The van der Waals surface area contributed by atoms with E-state index >= 15 is 0 Å². The SMILES string of the molecule is CC(NB1OC(=C(c2ccccc2)c2ccccc2)C(C=NC(C)(C)C)N1C(C)(C)C)c1ccccc1. The second-order valence-electron chi connectivity index (χ2n) is 11.7. The van der Waals surface area contributed by atoms with E-state index < -0.39 is 0 Å². The smallest absolute Gasteiger partial charge is 0.534 e. The predicted octanol–water partition coefficient (Wildman–Crippen LogP) is 7.15. The molecule has 1 N–H and O–H groups in total. The average molecular weight is 494 g/mol. The lowest BCUT2D eigenvalue weighted by molar-refractivity contribution is 0.244. The van der Waals surface area contributed by atoms with Crippen LogP contribution in [0.2, 0.25) is 0 Å². The molecule has 0 amide bonds. The molecule has 37 heavy (non-hydrogen) atoms. The van der Waals surface area contributed by atoms with Crippen molar-refractivity contribution < 1.29 is 4.65 Å². The van der Waals surface area contributed by atoms with Gasteiger partial charge in [-0.05, 0) is 65.2 Å². The molecule has 3 aromatic carbocycles. The van der Waals surface area contributed by atoms with Crippen LogP contribution >= 0.6 is 0 Å². The van der Waals surface area contributed by atoms with Gasteiger partial charge in [0.15, 0.2) is 0 Å². The Labute approximate surface area is 223 Å². The molecule has 192 valence electrons. The summed E-state index contributed by atoms with van der Waals surface area (Å²) in [5, 5.41) is 3.77.